The van der Waals surface area contributed by atoms with Gasteiger partial charge in [-0.05, 0) is 50.8 Å². The largest absolute Gasteiger partial charge is 0.467 e. The lowest BCUT2D eigenvalue weighted by Gasteiger charge is -2.33. The number of hydrogen-bond acceptors (Lipinski definition) is 7. The van der Waals surface area contributed by atoms with Crippen molar-refractivity contribution >= 4 is 29.5 Å². The first kappa shape index (κ1) is 26.2. The first-order valence-electron chi connectivity index (χ1n) is 12.1. The van der Waals surface area contributed by atoms with Crippen LogP contribution in [0.5, 0.6) is 0 Å². The van der Waals surface area contributed by atoms with Crippen LogP contribution in [0.3, 0.4) is 0 Å². The topological polar surface area (TPSA) is 121 Å². The Hall–Kier alpha value is -2.82. The van der Waals surface area contributed by atoms with Crippen molar-refractivity contribution in [3.05, 3.63) is 60.1 Å². The van der Waals surface area contributed by atoms with E-state index in [9.17, 15) is 19.5 Å². The molecule has 2 saturated heterocycles. The van der Waals surface area contributed by atoms with E-state index in [-0.39, 0.29) is 30.7 Å². The van der Waals surface area contributed by atoms with Crippen molar-refractivity contribution in [1.29, 1.82) is 0 Å². The molecule has 9 nitrogen and oxygen atoms in total. The van der Waals surface area contributed by atoms with Crippen molar-refractivity contribution < 1.29 is 28.6 Å². The summed E-state index contributed by atoms with van der Waals surface area (Å²) in [6.45, 7) is 4.50. The summed E-state index contributed by atoms with van der Waals surface area (Å²) in [6.07, 6.45) is 1.05. The van der Waals surface area contributed by atoms with Crippen LogP contribution in [0.4, 0.5) is 0 Å². The molecule has 4 unspecified atom stereocenters. The van der Waals surface area contributed by atoms with Gasteiger partial charge in [-0.3, -0.25) is 14.4 Å². The number of carbonyl (C=O) groups is 3. The minimum Gasteiger partial charge on any atom is -0.467 e. The number of furan rings is 1. The van der Waals surface area contributed by atoms with Crippen LogP contribution in [0.15, 0.2) is 53.1 Å². The SMILES string of the molecule is CC1(C)SCN(C(=O)C(O)C(Cc2ccccc2)NC(=O)C2CCCO2)C1C(=O)NCc1ccco1. The molecule has 1 aromatic carbocycles. The number of ether oxygens (including phenoxy) is 1. The van der Waals surface area contributed by atoms with Gasteiger partial charge in [0, 0.05) is 11.4 Å². The molecule has 2 aliphatic rings. The monoisotopic (exact) mass is 515 g/mol. The number of carbonyl (C=O) groups excluding carboxylic acids is 3. The van der Waals surface area contributed by atoms with Gasteiger partial charge >= 0.3 is 0 Å². The van der Waals surface area contributed by atoms with Crippen LogP contribution >= 0.6 is 11.8 Å². The standard InChI is InChI=1S/C26H33N3O6S/c1-26(2)22(24(32)27-15-18-10-6-12-34-18)29(16-36-26)25(33)21(30)19(14-17-8-4-3-5-9-17)28-23(31)20-11-7-13-35-20/h3-6,8-10,12,19-22,30H,7,11,13-16H2,1-2H3,(H,27,32)(H,28,31). The fraction of sp³-hybridized carbons (Fsp3) is 0.500. The van der Waals surface area contributed by atoms with Crippen LogP contribution in [0.2, 0.25) is 0 Å². The smallest absolute Gasteiger partial charge is 0.254 e. The highest BCUT2D eigenvalue weighted by Gasteiger charge is 2.49. The second-order valence-corrected chi connectivity index (χ2v) is 11.2. The molecule has 194 valence electrons. The molecule has 3 amide bonds. The second kappa shape index (κ2) is 11.5. The average Bonchev–Trinajstić information content (AvgIpc) is 3.63. The third kappa shape index (κ3) is 6.11. The average molecular weight is 516 g/mol. The van der Waals surface area contributed by atoms with Crippen molar-refractivity contribution in [3.63, 3.8) is 0 Å². The minimum atomic E-state index is -1.54. The van der Waals surface area contributed by atoms with Crippen LogP contribution in [0, 0.1) is 0 Å². The molecule has 0 aliphatic carbocycles. The molecule has 2 fully saturated rings. The molecule has 2 aliphatic heterocycles. The number of nitrogens with zero attached hydrogens (tertiary/aromatic N) is 1. The fourth-order valence-electron chi connectivity index (χ4n) is 4.61. The highest BCUT2D eigenvalue weighted by Crippen LogP contribution is 2.40. The molecule has 10 heteroatoms. The third-order valence-electron chi connectivity index (χ3n) is 6.58. The number of aliphatic hydroxyl groups is 1. The Balaban J connectivity index is 1.50. The zero-order valence-electron chi connectivity index (χ0n) is 20.5. The van der Waals surface area contributed by atoms with Crippen LogP contribution in [-0.2, 0) is 32.1 Å². The van der Waals surface area contributed by atoms with Crippen molar-refractivity contribution in [2.24, 2.45) is 0 Å². The summed E-state index contributed by atoms with van der Waals surface area (Å²) in [7, 11) is 0. The summed E-state index contributed by atoms with van der Waals surface area (Å²) in [6, 6.07) is 11.2. The van der Waals surface area contributed by atoms with Gasteiger partial charge in [-0.15, -0.1) is 11.8 Å². The van der Waals surface area contributed by atoms with Crippen LogP contribution < -0.4 is 10.6 Å². The maximum Gasteiger partial charge on any atom is 0.254 e. The molecule has 3 heterocycles. The summed E-state index contributed by atoms with van der Waals surface area (Å²) < 4.78 is 10.2. The lowest BCUT2D eigenvalue weighted by molar-refractivity contribution is -0.148. The van der Waals surface area contributed by atoms with Gasteiger partial charge in [0.1, 0.15) is 17.9 Å². The first-order valence-corrected chi connectivity index (χ1v) is 13.1. The van der Waals surface area contributed by atoms with E-state index in [1.54, 1.807) is 12.1 Å². The van der Waals surface area contributed by atoms with Gasteiger partial charge in [0.15, 0.2) is 6.10 Å². The highest BCUT2D eigenvalue weighted by atomic mass is 32.2. The fourth-order valence-corrected chi connectivity index (χ4v) is 5.75. The van der Waals surface area contributed by atoms with E-state index >= 15 is 0 Å². The predicted octanol–water partition coefficient (Wildman–Crippen LogP) is 1.84. The van der Waals surface area contributed by atoms with Gasteiger partial charge in [-0.25, -0.2) is 0 Å². The summed E-state index contributed by atoms with van der Waals surface area (Å²) in [5, 5.41) is 16.9. The quantitative estimate of drug-likeness (QED) is 0.466. The molecule has 3 N–H and O–H groups in total. The Morgan fingerprint density at radius 1 is 1.17 bits per heavy atom. The van der Waals surface area contributed by atoms with E-state index in [4.69, 9.17) is 9.15 Å². The molecule has 0 radical (unpaired) electrons. The van der Waals surface area contributed by atoms with E-state index < -0.39 is 34.9 Å². The predicted molar refractivity (Wildman–Crippen MR) is 135 cm³/mol. The van der Waals surface area contributed by atoms with Crippen molar-refractivity contribution in [2.75, 3.05) is 12.5 Å². The molecule has 0 saturated carbocycles. The second-order valence-electron chi connectivity index (χ2n) is 9.64. The zero-order chi connectivity index (χ0) is 25.7. The van der Waals surface area contributed by atoms with Gasteiger partial charge in [-0.2, -0.15) is 0 Å². The van der Waals surface area contributed by atoms with E-state index in [2.05, 4.69) is 10.6 Å². The number of nitrogens with one attached hydrogen (secondary N) is 2. The normalized spacial score (nSPS) is 22.7. The maximum atomic E-state index is 13.6. The molecular formula is C26H33N3O6S. The van der Waals surface area contributed by atoms with E-state index in [1.165, 1.54) is 22.9 Å². The minimum absolute atomic E-state index is 0.196. The molecule has 4 atom stereocenters. The number of benzene rings is 1. The number of aliphatic hydroxyl groups excluding tert-OH is 1. The number of amides is 3. The van der Waals surface area contributed by atoms with Crippen LogP contribution in [0.25, 0.3) is 0 Å². The molecule has 4 rings (SSSR count). The Labute approximate surface area is 214 Å². The van der Waals surface area contributed by atoms with E-state index in [0.29, 0.717) is 18.8 Å². The Kier molecular flexibility index (Phi) is 8.38. The Bertz CT molecular complexity index is 1040. The molecule has 0 bridgehead atoms. The molecule has 0 spiro atoms. The van der Waals surface area contributed by atoms with E-state index in [0.717, 1.165) is 12.0 Å². The highest BCUT2D eigenvalue weighted by molar-refractivity contribution is 8.00. The van der Waals surface area contributed by atoms with Crippen LogP contribution in [0.1, 0.15) is 38.0 Å². The van der Waals surface area contributed by atoms with Gasteiger partial charge in [0.05, 0.1) is 24.7 Å². The third-order valence-corrected chi connectivity index (χ3v) is 7.95. The summed E-state index contributed by atoms with van der Waals surface area (Å²) in [4.78, 5) is 41.0. The van der Waals surface area contributed by atoms with E-state index in [1.807, 2.05) is 44.2 Å². The molecular weight excluding hydrogens is 482 g/mol. The zero-order valence-corrected chi connectivity index (χ0v) is 21.3. The van der Waals surface area contributed by atoms with Gasteiger partial charge in [0.2, 0.25) is 11.8 Å². The maximum absolute atomic E-state index is 13.6. The van der Waals surface area contributed by atoms with Gasteiger partial charge < -0.3 is 29.8 Å². The summed E-state index contributed by atoms with van der Waals surface area (Å²) in [5.41, 5.74) is 0.867. The summed E-state index contributed by atoms with van der Waals surface area (Å²) in [5.74, 6) is -0.419. The van der Waals surface area contributed by atoms with Gasteiger partial charge in [0.25, 0.3) is 5.91 Å². The number of rotatable bonds is 9. The van der Waals surface area contributed by atoms with Gasteiger partial charge in [-0.1, -0.05) is 30.3 Å². The molecule has 36 heavy (non-hydrogen) atoms. The Morgan fingerprint density at radius 3 is 2.61 bits per heavy atom. The lowest BCUT2D eigenvalue weighted by Crippen LogP contribution is -2.59. The number of thioether (sulfide) groups is 1. The van der Waals surface area contributed by atoms with Crippen molar-refractivity contribution in [2.45, 2.75) is 68.7 Å². The number of hydrogen-bond donors (Lipinski definition) is 3. The molecule has 1 aromatic heterocycles. The van der Waals surface area contributed by atoms with Crippen LogP contribution in [-0.4, -0.2) is 69.3 Å². The summed E-state index contributed by atoms with van der Waals surface area (Å²) >= 11 is 1.47. The Morgan fingerprint density at radius 2 is 1.94 bits per heavy atom. The lowest BCUT2D eigenvalue weighted by atomic mass is 9.97. The first-order chi connectivity index (χ1) is 17.3. The van der Waals surface area contributed by atoms with Crippen molar-refractivity contribution in [1.82, 2.24) is 15.5 Å². The molecule has 2 aromatic rings. The van der Waals surface area contributed by atoms with Crippen molar-refractivity contribution in [3.8, 4) is 0 Å².